The van der Waals surface area contributed by atoms with E-state index in [9.17, 15) is 24.6 Å². The molecule has 4 N–H and O–H groups in total. The minimum Gasteiger partial charge on any atom is -0.508 e. The van der Waals surface area contributed by atoms with Gasteiger partial charge in [0, 0.05) is 0 Å². The number of aromatic carboxylic acids is 1. The summed E-state index contributed by atoms with van der Waals surface area (Å²) in [6.45, 7) is -0.482. The number of carbonyl (C=O) groups excluding carboxylic acids is 1. The van der Waals surface area contributed by atoms with Crippen LogP contribution in [0.1, 0.15) is 15.9 Å². The molecular formula is C19H14N2O7S. The largest absolute Gasteiger partial charge is 0.508 e. The third-order valence-corrected chi connectivity index (χ3v) is 4.51. The van der Waals surface area contributed by atoms with Crippen molar-refractivity contribution >= 4 is 46.5 Å². The third kappa shape index (κ3) is 5.14. The summed E-state index contributed by atoms with van der Waals surface area (Å²) in [6, 6.07) is 10.3. The number of carboxylic acid groups (broad SMARTS) is 2. The number of aromatic hydroxyl groups is 1. The summed E-state index contributed by atoms with van der Waals surface area (Å²) in [4.78, 5) is 38.6. The molecule has 2 aromatic rings. The van der Waals surface area contributed by atoms with Gasteiger partial charge in [-0.25, -0.2) is 14.6 Å². The van der Waals surface area contributed by atoms with Crippen molar-refractivity contribution < 1.29 is 34.4 Å². The summed E-state index contributed by atoms with van der Waals surface area (Å²) < 4.78 is 5.11. The SMILES string of the molecule is O=C(O)COc1cccc(/C=C2\SC(=Nc3ccc(O)cc3C(=O)O)NC2=O)c1. The number of phenolic OH excluding ortho intramolecular Hbond substituents is 1. The second-order valence-corrected chi connectivity index (χ2v) is 6.77. The fraction of sp³-hybridized carbons (Fsp3) is 0.0526. The predicted octanol–water partition coefficient (Wildman–Crippen LogP) is 2.45. The lowest BCUT2D eigenvalue weighted by atomic mass is 10.2. The van der Waals surface area contributed by atoms with Gasteiger partial charge in [-0.2, -0.15) is 0 Å². The summed E-state index contributed by atoms with van der Waals surface area (Å²) in [5, 5.41) is 30.1. The van der Waals surface area contributed by atoms with Crippen molar-refractivity contribution in [2.24, 2.45) is 4.99 Å². The van der Waals surface area contributed by atoms with E-state index in [0.717, 1.165) is 17.8 Å². The average molecular weight is 414 g/mol. The lowest BCUT2D eigenvalue weighted by Gasteiger charge is -2.04. The van der Waals surface area contributed by atoms with Gasteiger partial charge in [-0.1, -0.05) is 12.1 Å². The number of carboxylic acids is 2. The van der Waals surface area contributed by atoms with Crippen LogP contribution in [0.25, 0.3) is 6.08 Å². The number of aliphatic imine (C=N–C) groups is 1. The molecule has 0 radical (unpaired) electrons. The third-order valence-electron chi connectivity index (χ3n) is 3.60. The van der Waals surface area contributed by atoms with Crippen LogP contribution in [0.15, 0.2) is 52.4 Å². The molecule has 0 saturated carbocycles. The zero-order valence-electron chi connectivity index (χ0n) is 14.7. The molecular weight excluding hydrogens is 400 g/mol. The molecule has 0 unspecified atom stereocenters. The summed E-state index contributed by atoms with van der Waals surface area (Å²) in [5.74, 6) is -2.64. The van der Waals surface area contributed by atoms with Gasteiger partial charge in [0.25, 0.3) is 5.91 Å². The molecule has 0 bridgehead atoms. The predicted molar refractivity (Wildman–Crippen MR) is 105 cm³/mol. The Balaban J connectivity index is 1.82. The summed E-state index contributed by atoms with van der Waals surface area (Å²) >= 11 is 1.02. The Bertz CT molecular complexity index is 1060. The Morgan fingerprint density at radius 2 is 1.97 bits per heavy atom. The number of thioether (sulfide) groups is 1. The van der Waals surface area contributed by atoms with Crippen LogP contribution in [0.5, 0.6) is 11.5 Å². The highest BCUT2D eigenvalue weighted by atomic mass is 32.2. The quantitative estimate of drug-likeness (QED) is 0.527. The number of hydrogen-bond donors (Lipinski definition) is 4. The Morgan fingerprint density at radius 3 is 2.69 bits per heavy atom. The molecule has 1 heterocycles. The molecule has 1 fully saturated rings. The van der Waals surface area contributed by atoms with E-state index in [0.29, 0.717) is 16.2 Å². The van der Waals surface area contributed by atoms with Gasteiger partial charge in [0.2, 0.25) is 0 Å². The number of amidine groups is 1. The van der Waals surface area contributed by atoms with Crippen LogP contribution in [0.4, 0.5) is 5.69 Å². The molecule has 1 saturated heterocycles. The number of rotatable bonds is 6. The van der Waals surface area contributed by atoms with Gasteiger partial charge < -0.3 is 25.4 Å². The maximum Gasteiger partial charge on any atom is 0.341 e. The van der Waals surface area contributed by atoms with E-state index < -0.39 is 24.5 Å². The summed E-state index contributed by atoms with van der Waals surface area (Å²) in [7, 11) is 0. The van der Waals surface area contributed by atoms with E-state index in [1.54, 1.807) is 30.3 Å². The van der Waals surface area contributed by atoms with Gasteiger partial charge in [0.1, 0.15) is 11.5 Å². The summed E-state index contributed by atoms with van der Waals surface area (Å²) in [5.41, 5.74) is 0.499. The first-order chi connectivity index (χ1) is 13.8. The number of carbonyl (C=O) groups is 3. The smallest absolute Gasteiger partial charge is 0.341 e. The van der Waals surface area contributed by atoms with E-state index in [1.807, 2.05) is 0 Å². The fourth-order valence-electron chi connectivity index (χ4n) is 2.37. The van der Waals surface area contributed by atoms with Gasteiger partial charge in [0.15, 0.2) is 11.8 Å². The van der Waals surface area contributed by atoms with Crippen LogP contribution in [0.2, 0.25) is 0 Å². The first-order valence-corrected chi connectivity index (χ1v) is 8.94. The molecule has 1 aliphatic heterocycles. The highest BCUT2D eigenvalue weighted by Crippen LogP contribution is 2.31. The Hall–Kier alpha value is -3.79. The minimum absolute atomic E-state index is 0.0865. The van der Waals surface area contributed by atoms with E-state index in [4.69, 9.17) is 9.84 Å². The number of nitrogens with zero attached hydrogens (tertiary/aromatic N) is 1. The van der Waals surface area contributed by atoms with Gasteiger partial charge in [-0.05, 0) is 53.7 Å². The van der Waals surface area contributed by atoms with Gasteiger partial charge in [-0.15, -0.1) is 0 Å². The van der Waals surface area contributed by atoms with Crippen LogP contribution in [-0.4, -0.2) is 44.9 Å². The van der Waals surface area contributed by atoms with Crippen LogP contribution >= 0.6 is 11.8 Å². The number of hydrogen-bond acceptors (Lipinski definition) is 7. The molecule has 0 aliphatic carbocycles. The van der Waals surface area contributed by atoms with Crippen LogP contribution in [-0.2, 0) is 9.59 Å². The first kappa shape index (κ1) is 20.0. The van der Waals surface area contributed by atoms with Crippen molar-refractivity contribution in [3.8, 4) is 11.5 Å². The van der Waals surface area contributed by atoms with Gasteiger partial charge in [0.05, 0.1) is 16.2 Å². The Morgan fingerprint density at radius 1 is 1.17 bits per heavy atom. The number of benzene rings is 2. The number of phenols is 1. The maximum atomic E-state index is 12.2. The van der Waals surface area contributed by atoms with E-state index in [-0.39, 0.29) is 22.2 Å². The lowest BCUT2D eigenvalue weighted by Crippen LogP contribution is -2.19. The van der Waals surface area contributed by atoms with Crippen molar-refractivity contribution in [1.29, 1.82) is 0 Å². The van der Waals surface area contributed by atoms with Crippen LogP contribution in [0, 0.1) is 0 Å². The molecule has 1 amide bonds. The zero-order chi connectivity index (χ0) is 21.0. The number of aliphatic carboxylic acids is 1. The molecule has 1 aliphatic rings. The van der Waals surface area contributed by atoms with Crippen LogP contribution < -0.4 is 10.1 Å². The molecule has 29 heavy (non-hydrogen) atoms. The molecule has 2 aromatic carbocycles. The Labute approximate surface area is 168 Å². The number of amides is 1. The first-order valence-electron chi connectivity index (χ1n) is 8.12. The molecule has 148 valence electrons. The molecule has 0 aromatic heterocycles. The fourth-order valence-corrected chi connectivity index (χ4v) is 3.21. The minimum atomic E-state index is -1.26. The molecule has 9 nitrogen and oxygen atoms in total. The van der Waals surface area contributed by atoms with Crippen molar-refractivity contribution in [3.05, 3.63) is 58.5 Å². The van der Waals surface area contributed by atoms with Crippen molar-refractivity contribution in [2.45, 2.75) is 0 Å². The molecule has 3 rings (SSSR count). The van der Waals surface area contributed by atoms with Gasteiger partial charge >= 0.3 is 11.9 Å². The van der Waals surface area contributed by atoms with Crippen molar-refractivity contribution in [2.75, 3.05) is 6.61 Å². The van der Waals surface area contributed by atoms with Crippen LogP contribution in [0.3, 0.4) is 0 Å². The number of ether oxygens (including phenoxy) is 1. The lowest BCUT2D eigenvalue weighted by molar-refractivity contribution is -0.139. The molecule has 10 heteroatoms. The topological polar surface area (TPSA) is 146 Å². The number of nitrogens with one attached hydrogen (secondary N) is 1. The van der Waals surface area contributed by atoms with Gasteiger partial charge in [-0.3, -0.25) is 4.79 Å². The maximum absolute atomic E-state index is 12.2. The average Bonchev–Trinajstić information content (AvgIpc) is 3.00. The van der Waals surface area contributed by atoms with E-state index in [2.05, 4.69) is 10.3 Å². The highest BCUT2D eigenvalue weighted by molar-refractivity contribution is 8.18. The van der Waals surface area contributed by atoms with Crippen molar-refractivity contribution in [3.63, 3.8) is 0 Å². The summed E-state index contributed by atoms with van der Waals surface area (Å²) in [6.07, 6.45) is 1.57. The monoisotopic (exact) mass is 414 g/mol. The molecule has 0 atom stereocenters. The van der Waals surface area contributed by atoms with Crippen molar-refractivity contribution in [1.82, 2.24) is 5.32 Å². The van der Waals surface area contributed by atoms with E-state index >= 15 is 0 Å². The van der Waals surface area contributed by atoms with E-state index in [1.165, 1.54) is 12.1 Å². The zero-order valence-corrected chi connectivity index (χ0v) is 15.5. The second-order valence-electron chi connectivity index (χ2n) is 5.74. The standard InChI is InChI=1S/C19H14N2O7S/c22-11-4-5-14(13(8-11)18(26)27)20-19-21-17(25)15(29-19)7-10-2-1-3-12(6-10)28-9-16(23)24/h1-8,22H,9H2,(H,23,24)(H,26,27)(H,20,21,25)/b15-7-. The Kier molecular flexibility index (Phi) is 5.84. The second kappa shape index (κ2) is 8.48. The molecule has 0 spiro atoms. The highest BCUT2D eigenvalue weighted by Gasteiger charge is 2.24. The normalized spacial score (nSPS) is 16.1.